The highest BCUT2D eigenvalue weighted by Gasteiger charge is 2.24. The van der Waals surface area contributed by atoms with Crippen molar-refractivity contribution in [3.05, 3.63) is 53.4 Å². The van der Waals surface area contributed by atoms with E-state index in [1.807, 2.05) is 26.0 Å². The maximum atomic E-state index is 12.5. The molecule has 1 aromatic carbocycles. The number of carbonyl (C=O) groups is 4. The summed E-state index contributed by atoms with van der Waals surface area (Å²) >= 11 is 0. The van der Waals surface area contributed by atoms with E-state index in [-0.39, 0.29) is 43.1 Å². The van der Waals surface area contributed by atoms with E-state index in [0.29, 0.717) is 190 Å². The summed E-state index contributed by atoms with van der Waals surface area (Å²) in [7, 11) is 0. The summed E-state index contributed by atoms with van der Waals surface area (Å²) in [6.07, 6.45) is 5.41. The van der Waals surface area contributed by atoms with Crippen LogP contribution in [0.2, 0.25) is 0 Å². The van der Waals surface area contributed by atoms with Crippen LogP contribution in [0.3, 0.4) is 0 Å². The molecular weight excluding hydrogens is 1030 g/mol. The molecule has 0 atom stereocenters. The van der Waals surface area contributed by atoms with Crippen LogP contribution in [0.4, 0.5) is 5.82 Å². The number of nitrogens with two attached hydrogens (primary N) is 1. The molecule has 0 spiro atoms. The molecule has 79 heavy (non-hydrogen) atoms. The molecule has 444 valence electrons. The third-order valence-corrected chi connectivity index (χ3v) is 11.3. The first kappa shape index (κ1) is 66.2. The Bertz CT molecular complexity index is 2150. The minimum atomic E-state index is -0.403. The quantitative estimate of drug-likeness (QED) is 0.0540. The average Bonchev–Trinajstić information content (AvgIpc) is 4.13. The maximum Gasteiger partial charge on any atom is 0.260 e. The number of anilines is 1. The molecule has 1 aliphatic rings. The first-order valence-corrected chi connectivity index (χ1v) is 27.4. The van der Waals surface area contributed by atoms with Gasteiger partial charge in [-0.1, -0.05) is 37.6 Å². The molecule has 25 heteroatoms. The van der Waals surface area contributed by atoms with Gasteiger partial charge in [0.15, 0.2) is 5.82 Å². The molecule has 0 unspecified atom stereocenters. The summed E-state index contributed by atoms with van der Waals surface area (Å²) in [5.41, 5.74) is 9.60. The van der Waals surface area contributed by atoms with Gasteiger partial charge in [0, 0.05) is 57.6 Å². The number of fused-ring (bicyclic) bond motifs is 1. The van der Waals surface area contributed by atoms with Gasteiger partial charge >= 0.3 is 0 Å². The van der Waals surface area contributed by atoms with Gasteiger partial charge in [-0.05, 0) is 31.4 Å². The van der Waals surface area contributed by atoms with Crippen LogP contribution >= 0.6 is 0 Å². The van der Waals surface area contributed by atoms with Crippen molar-refractivity contribution in [2.75, 3.05) is 177 Å². The van der Waals surface area contributed by atoms with Crippen molar-refractivity contribution in [3.8, 4) is 5.88 Å². The number of unbranched alkanes of at least 4 members (excludes halogenated alkanes) is 1. The van der Waals surface area contributed by atoms with Gasteiger partial charge < -0.3 is 82.5 Å². The Hall–Kier alpha value is -5.29. The highest BCUT2D eigenvalue weighted by Crippen LogP contribution is 2.29. The molecule has 4 amide bonds. The van der Waals surface area contributed by atoms with Crippen LogP contribution in [0.1, 0.15) is 63.4 Å². The third kappa shape index (κ3) is 29.7. The summed E-state index contributed by atoms with van der Waals surface area (Å²) in [5.74, 6) is 0.457. The van der Waals surface area contributed by atoms with Gasteiger partial charge in [-0.15, -0.1) is 10.2 Å². The fraction of sp³-hybridized carbons (Fsp3) is 0.685. The number of amides is 4. The molecular formula is C54H86N8O17. The fourth-order valence-corrected chi connectivity index (χ4v) is 7.22. The smallest absolute Gasteiger partial charge is 0.260 e. The molecule has 0 saturated heterocycles. The highest BCUT2D eigenvalue weighted by atomic mass is 16.6. The van der Waals surface area contributed by atoms with Crippen molar-refractivity contribution in [2.45, 2.75) is 72.1 Å². The van der Waals surface area contributed by atoms with Gasteiger partial charge in [-0.3, -0.25) is 24.1 Å². The first-order valence-electron chi connectivity index (χ1n) is 27.4. The van der Waals surface area contributed by atoms with E-state index in [9.17, 15) is 19.2 Å². The van der Waals surface area contributed by atoms with E-state index in [4.69, 9.17) is 72.3 Å². The highest BCUT2D eigenvalue weighted by molar-refractivity contribution is 6.13. The number of imide groups is 1. The first-order chi connectivity index (χ1) is 38.7. The van der Waals surface area contributed by atoms with Crippen LogP contribution in [-0.4, -0.2) is 226 Å². The zero-order valence-electron chi connectivity index (χ0n) is 46.6. The molecule has 1 aliphatic heterocycles. The normalized spacial score (nSPS) is 12.5. The second kappa shape index (κ2) is 42.6. The van der Waals surface area contributed by atoms with Gasteiger partial charge in [-0.25, -0.2) is 4.98 Å². The van der Waals surface area contributed by atoms with E-state index in [2.05, 4.69) is 44.5 Å². The Balaban J connectivity index is 0.806. The number of imidazole rings is 1. The van der Waals surface area contributed by atoms with Gasteiger partial charge in [0.25, 0.3) is 17.7 Å². The lowest BCUT2D eigenvalue weighted by atomic mass is 10.1. The number of nitrogens with zero attached hydrogens (tertiary/aromatic N) is 5. The Morgan fingerprint density at radius 3 is 1.42 bits per heavy atom. The van der Waals surface area contributed by atoms with Crippen molar-refractivity contribution in [1.29, 1.82) is 0 Å². The SMILES string of the molecule is CCCCc1nc2c(N)nnc(OC(C)C)c2n1Cc1ccc(CNC(=O)CCOCCOCCOCCOCCOCCOCCOCCOCCOCCOCCOCCOCCNC(=O)CCN2C(=O)C=CC2=O)cc1. The molecule has 0 radical (unpaired) electrons. The number of hydrogen-bond acceptors (Lipinski definition) is 21. The number of nitrogens with one attached hydrogen (secondary N) is 2. The minimum Gasteiger partial charge on any atom is -0.472 e. The number of carbonyl (C=O) groups excluding carboxylic acids is 4. The average molecular weight is 1120 g/mol. The monoisotopic (exact) mass is 1120 g/mol. The van der Waals surface area contributed by atoms with Crippen LogP contribution in [0.15, 0.2) is 36.4 Å². The molecule has 25 nitrogen and oxygen atoms in total. The summed E-state index contributed by atoms with van der Waals surface area (Å²) in [6, 6.07) is 8.13. The van der Waals surface area contributed by atoms with Gasteiger partial charge in [-0.2, -0.15) is 0 Å². The van der Waals surface area contributed by atoms with Gasteiger partial charge in [0.1, 0.15) is 16.9 Å². The third-order valence-electron chi connectivity index (χ3n) is 11.3. The lowest BCUT2D eigenvalue weighted by Crippen LogP contribution is -2.35. The van der Waals surface area contributed by atoms with Crippen LogP contribution in [0.5, 0.6) is 5.88 Å². The molecule has 3 aromatic rings. The maximum absolute atomic E-state index is 12.5. The predicted molar refractivity (Wildman–Crippen MR) is 289 cm³/mol. The zero-order valence-corrected chi connectivity index (χ0v) is 46.6. The van der Waals surface area contributed by atoms with E-state index in [1.165, 1.54) is 12.2 Å². The topological polar surface area (TPSA) is 285 Å². The van der Waals surface area contributed by atoms with E-state index < -0.39 is 11.8 Å². The largest absolute Gasteiger partial charge is 0.472 e. The van der Waals surface area contributed by atoms with E-state index >= 15 is 0 Å². The summed E-state index contributed by atoms with van der Waals surface area (Å²) < 4.78 is 74.2. The van der Waals surface area contributed by atoms with Crippen molar-refractivity contribution < 1.29 is 80.8 Å². The summed E-state index contributed by atoms with van der Waals surface area (Å²) in [4.78, 5) is 53.2. The van der Waals surface area contributed by atoms with Crippen LogP contribution < -0.4 is 21.1 Å². The number of nitrogen functional groups attached to an aromatic ring is 1. The second-order valence-corrected chi connectivity index (χ2v) is 17.9. The Morgan fingerprint density at radius 2 is 0.975 bits per heavy atom. The summed E-state index contributed by atoms with van der Waals surface area (Å²) in [5, 5.41) is 14.0. The Kier molecular flexibility index (Phi) is 35.7. The van der Waals surface area contributed by atoms with E-state index in [0.717, 1.165) is 46.6 Å². The lowest BCUT2D eigenvalue weighted by molar-refractivity contribution is -0.137. The molecule has 0 fully saturated rings. The lowest BCUT2D eigenvalue weighted by Gasteiger charge is -2.14. The Labute approximate surface area is 464 Å². The predicted octanol–water partition coefficient (Wildman–Crippen LogP) is 2.22. The van der Waals surface area contributed by atoms with Crippen LogP contribution in [0.25, 0.3) is 11.0 Å². The number of benzene rings is 1. The van der Waals surface area contributed by atoms with Crippen LogP contribution in [0, 0.1) is 0 Å². The summed E-state index contributed by atoms with van der Waals surface area (Å²) in [6.45, 7) is 17.7. The zero-order chi connectivity index (χ0) is 56.4. The number of ether oxygens (including phenoxy) is 13. The molecule has 0 saturated carbocycles. The number of rotatable bonds is 51. The van der Waals surface area contributed by atoms with Gasteiger partial charge in [0.05, 0.1) is 165 Å². The molecule has 0 aliphatic carbocycles. The van der Waals surface area contributed by atoms with Gasteiger partial charge in [0.2, 0.25) is 11.8 Å². The van der Waals surface area contributed by atoms with Crippen molar-refractivity contribution in [3.63, 3.8) is 0 Å². The standard InChI is InChI=1S/C54H86N8O17/c1-4-5-6-46-58-51-52(54(79-43(2)3)60-59-53(51)55)62(46)42-45-9-7-44(8-10-45)41-57-48(64)14-17-67-19-21-69-23-25-71-27-29-73-31-33-75-35-37-77-39-40-78-38-36-76-34-32-74-30-28-72-26-24-70-22-20-68-18-15-56-47(63)13-16-61-49(65)11-12-50(61)66/h7-12,43H,4-6,13-42H2,1-3H3,(H2,55,59)(H,56,63)(H,57,64). The van der Waals surface area contributed by atoms with Crippen molar-refractivity contribution >= 4 is 40.5 Å². The molecule has 4 N–H and O–H groups in total. The van der Waals surface area contributed by atoms with E-state index in [1.54, 1.807) is 0 Å². The number of hydrogen-bond donors (Lipinski definition) is 3. The van der Waals surface area contributed by atoms with Crippen molar-refractivity contribution in [2.24, 2.45) is 0 Å². The van der Waals surface area contributed by atoms with Crippen LogP contribution in [-0.2, 0) is 95.5 Å². The Morgan fingerprint density at radius 1 is 0.557 bits per heavy atom. The molecule has 4 rings (SSSR count). The number of aromatic nitrogens is 4. The molecule has 2 aromatic heterocycles. The number of aryl methyl sites for hydroxylation is 1. The van der Waals surface area contributed by atoms with Crippen molar-refractivity contribution in [1.82, 2.24) is 35.3 Å². The fourth-order valence-electron chi connectivity index (χ4n) is 7.22. The minimum absolute atomic E-state index is 0.0440. The molecule has 3 heterocycles. The second-order valence-electron chi connectivity index (χ2n) is 17.9. The molecule has 0 bridgehead atoms.